The van der Waals surface area contributed by atoms with Crippen LogP contribution in [0.3, 0.4) is 0 Å². The first kappa shape index (κ1) is 11.0. The fourth-order valence-corrected chi connectivity index (χ4v) is 1.54. The average molecular weight is 226 g/mol. The molecule has 2 aromatic heterocycles. The number of rotatable bonds is 2. The van der Waals surface area contributed by atoms with Gasteiger partial charge in [0.15, 0.2) is 0 Å². The number of hydrogen-bond donors (Lipinski definition) is 0. The zero-order valence-electron chi connectivity index (χ0n) is 9.29. The topological polar surface area (TPSA) is 71.6 Å². The minimum absolute atomic E-state index is 0.0987. The zero-order chi connectivity index (χ0) is 12.3. The van der Waals surface area contributed by atoms with Crippen LogP contribution in [0.1, 0.15) is 16.8 Å². The summed E-state index contributed by atoms with van der Waals surface area (Å²) in [5, 5.41) is 8.88. The first-order valence-corrected chi connectivity index (χ1v) is 5.07. The molecular weight excluding hydrogens is 216 g/mol. The zero-order valence-corrected chi connectivity index (χ0v) is 9.29. The summed E-state index contributed by atoms with van der Waals surface area (Å²) in [5.41, 5.74) is 1.29. The lowest BCUT2D eigenvalue weighted by Crippen LogP contribution is -2.18. The Morgan fingerprint density at radius 3 is 2.76 bits per heavy atom. The highest BCUT2D eigenvalue weighted by Crippen LogP contribution is 2.05. The van der Waals surface area contributed by atoms with Gasteiger partial charge in [0.05, 0.1) is 6.33 Å². The summed E-state index contributed by atoms with van der Waals surface area (Å²) in [4.78, 5) is 18.9. The van der Waals surface area contributed by atoms with Crippen LogP contribution in [-0.4, -0.2) is 14.5 Å². The first-order valence-electron chi connectivity index (χ1n) is 5.07. The number of pyridine rings is 1. The van der Waals surface area contributed by atoms with Crippen molar-refractivity contribution in [2.45, 2.75) is 13.5 Å². The van der Waals surface area contributed by atoms with Crippen molar-refractivity contribution in [1.82, 2.24) is 14.5 Å². The van der Waals surface area contributed by atoms with E-state index >= 15 is 0 Å². The Labute approximate surface area is 98.0 Å². The van der Waals surface area contributed by atoms with Crippen molar-refractivity contribution in [3.8, 4) is 6.07 Å². The molecule has 0 saturated heterocycles. The molecule has 84 valence electrons. The normalized spacial score (nSPS) is 9.88. The lowest BCUT2D eigenvalue weighted by atomic mass is 10.2. The van der Waals surface area contributed by atoms with Gasteiger partial charge in [-0.2, -0.15) is 10.2 Å². The summed E-state index contributed by atoms with van der Waals surface area (Å²) in [5.74, 6) is 0. The van der Waals surface area contributed by atoms with E-state index in [9.17, 15) is 4.79 Å². The number of nitrogens with zero attached hydrogens (tertiary/aromatic N) is 4. The van der Waals surface area contributed by atoms with Gasteiger partial charge in [-0.3, -0.25) is 9.78 Å². The summed E-state index contributed by atoms with van der Waals surface area (Å²) in [7, 11) is 0. The van der Waals surface area contributed by atoms with Gasteiger partial charge in [-0.1, -0.05) is 0 Å². The second-order valence-corrected chi connectivity index (χ2v) is 3.61. The standard InChI is InChI=1S/C12H10N4O/c1-9-11(6-13)12(17)15-8-16(9)7-10-2-4-14-5-3-10/h2-5,8H,7H2,1H3. The van der Waals surface area contributed by atoms with E-state index in [0.29, 0.717) is 12.2 Å². The molecule has 0 N–H and O–H groups in total. The summed E-state index contributed by atoms with van der Waals surface area (Å²) in [6, 6.07) is 5.64. The van der Waals surface area contributed by atoms with E-state index in [2.05, 4.69) is 9.97 Å². The Hall–Kier alpha value is -2.48. The monoisotopic (exact) mass is 226 g/mol. The van der Waals surface area contributed by atoms with Crippen LogP contribution in [0, 0.1) is 18.3 Å². The molecule has 0 bridgehead atoms. The molecule has 2 heterocycles. The molecule has 5 heteroatoms. The SMILES string of the molecule is Cc1c(C#N)c(=O)ncn1Cc1ccncc1. The van der Waals surface area contributed by atoms with Crippen LogP contribution in [0.5, 0.6) is 0 Å². The summed E-state index contributed by atoms with van der Waals surface area (Å²) < 4.78 is 1.77. The second kappa shape index (κ2) is 4.58. The van der Waals surface area contributed by atoms with Gasteiger partial charge in [0.1, 0.15) is 11.6 Å². The largest absolute Gasteiger partial charge is 0.330 e. The van der Waals surface area contributed by atoms with Gasteiger partial charge < -0.3 is 4.57 Å². The van der Waals surface area contributed by atoms with Crippen molar-refractivity contribution >= 4 is 0 Å². The molecule has 0 aliphatic rings. The van der Waals surface area contributed by atoms with Gasteiger partial charge in [-0.25, -0.2) is 0 Å². The lowest BCUT2D eigenvalue weighted by Gasteiger charge is -2.10. The van der Waals surface area contributed by atoms with Crippen LogP contribution in [0.15, 0.2) is 35.6 Å². The molecule has 0 aromatic carbocycles. The summed E-state index contributed by atoms with van der Waals surface area (Å²) in [6.07, 6.45) is 4.86. The number of aromatic nitrogens is 3. The van der Waals surface area contributed by atoms with Gasteiger partial charge in [0.2, 0.25) is 0 Å². The number of hydrogen-bond acceptors (Lipinski definition) is 4. The van der Waals surface area contributed by atoms with Gasteiger partial charge in [-0.05, 0) is 24.6 Å². The maximum absolute atomic E-state index is 11.3. The van der Waals surface area contributed by atoms with Crippen molar-refractivity contribution < 1.29 is 0 Å². The van der Waals surface area contributed by atoms with Crippen molar-refractivity contribution in [1.29, 1.82) is 5.26 Å². The Bertz CT molecular complexity index is 625. The van der Waals surface area contributed by atoms with Crippen molar-refractivity contribution in [2.75, 3.05) is 0 Å². The minimum atomic E-state index is -0.476. The highest BCUT2D eigenvalue weighted by atomic mass is 16.1. The van der Waals surface area contributed by atoms with Gasteiger partial charge in [0, 0.05) is 24.6 Å². The van der Waals surface area contributed by atoms with E-state index in [1.165, 1.54) is 6.33 Å². The Kier molecular flexibility index (Phi) is 2.97. The molecule has 0 unspecified atom stereocenters. The molecule has 0 radical (unpaired) electrons. The highest BCUT2D eigenvalue weighted by molar-refractivity contribution is 5.30. The molecule has 5 nitrogen and oxygen atoms in total. The van der Waals surface area contributed by atoms with E-state index in [1.54, 1.807) is 23.9 Å². The second-order valence-electron chi connectivity index (χ2n) is 3.61. The maximum Gasteiger partial charge on any atom is 0.290 e. The minimum Gasteiger partial charge on any atom is -0.330 e. The molecule has 0 aliphatic carbocycles. The lowest BCUT2D eigenvalue weighted by molar-refractivity contribution is 0.726. The van der Waals surface area contributed by atoms with Crippen LogP contribution in [-0.2, 0) is 6.54 Å². The molecule has 0 amide bonds. The molecule has 2 aromatic rings. The highest BCUT2D eigenvalue weighted by Gasteiger charge is 2.07. The Morgan fingerprint density at radius 2 is 2.12 bits per heavy atom. The smallest absolute Gasteiger partial charge is 0.290 e. The molecular formula is C12H10N4O. The van der Waals surface area contributed by atoms with Gasteiger partial charge >= 0.3 is 0 Å². The molecule has 0 aliphatic heterocycles. The summed E-state index contributed by atoms with van der Waals surface area (Å²) in [6.45, 7) is 2.30. The maximum atomic E-state index is 11.3. The van der Waals surface area contributed by atoms with Crippen LogP contribution in [0.2, 0.25) is 0 Å². The third kappa shape index (κ3) is 2.21. The van der Waals surface area contributed by atoms with Crippen LogP contribution in [0.4, 0.5) is 0 Å². The quantitative estimate of drug-likeness (QED) is 0.761. The predicted molar refractivity (Wildman–Crippen MR) is 61.3 cm³/mol. The van der Waals surface area contributed by atoms with E-state index in [-0.39, 0.29) is 5.56 Å². The van der Waals surface area contributed by atoms with E-state index in [0.717, 1.165) is 5.56 Å². The fraction of sp³-hybridized carbons (Fsp3) is 0.167. The Balaban J connectivity index is 2.42. The fourth-order valence-electron chi connectivity index (χ4n) is 1.54. The molecule has 0 fully saturated rings. The van der Waals surface area contributed by atoms with Crippen LogP contribution >= 0.6 is 0 Å². The molecule has 0 spiro atoms. The predicted octanol–water partition coefficient (Wildman–Crippen LogP) is 0.867. The summed E-state index contributed by atoms with van der Waals surface area (Å²) >= 11 is 0. The first-order chi connectivity index (χ1) is 8.22. The third-order valence-electron chi connectivity index (χ3n) is 2.53. The van der Waals surface area contributed by atoms with Gasteiger partial charge in [-0.15, -0.1) is 0 Å². The van der Waals surface area contributed by atoms with E-state index in [1.807, 2.05) is 18.2 Å². The van der Waals surface area contributed by atoms with Crippen LogP contribution < -0.4 is 5.56 Å². The molecule has 2 rings (SSSR count). The van der Waals surface area contributed by atoms with E-state index in [4.69, 9.17) is 5.26 Å². The van der Waals surface area contributed by atoms with E-state index < -0.39 is 5.56 Å². The van der Waals surface area contributed by atoms with Crippen molar-refractivity contribution in [2.24, 2.45) is 0 Å². The Morgan fingerprint density at radius 1 is 1.41 bits per heavy atom. The number of nitriles is 1. The average Bonchev–Trinajstić information content (AvgIpc) is 2.35. The molecule has 0 atom stereocenters. The molecule has 17 heavy (non-hydrogen) atoms. The van der Waals surface area contributed by atoms with Crippen molar-refractivity contribution in [3.63, 3.8) is 0 Å². The van der Waals surface area contributed by atoms with Crippen molar-refractivity contribution in [3.05, 3.63) is 58.0 Å². The third-order valence-corrected chi connectivity index (χ3v) is 2.53. The molecule has 0 saturated carbocycles. The van der Waals surface area contributed by atoms with Gasteiger partial charge in [0.25, 0.3) is 5.56 Å². The van der Waals surface area contributed by atoms with Crippen LogP contribution in [0.25, 0.3) is 0 Å².